The Morgan fingerprint density at radius 2 is 0.548 bits per heavy atom. The van der Waals surface area contributed by atoms with Gasteiger partial charge in [0.25, 0.3) is 0 Å². The van der Waals surface area contributed by atoms with Gasteiger partial charge in [0.05, 0.1) is 0 Å². The molecule has 0 radical (unpaired) electrons. The van der Waals surface area contributed by atoms with Crippen molar-refractivity contribution in [1.29, 1.82) is 0 Å². The molecule has 0 aromatic rings. The molecule has 0 aliphatic carbocycles. The second kappa shape index (κ2) is 60.4. The molecule has 0 saturated heterocycles. The summed E-state index contributed by atoms with van der Waals surface area (Å²) in [4.78, 5) is 38.1. The van der Waals surface area contributed by atoms with Crippen molar-refractivity contribution in [1.82, 2.24) is 0 Å². The Morgan fingerprint density at radius 3 is 0.890 bits per heavy atom. The van der Waals surface area contributed by atoms with E-state index in [1.54, 1.807) is 0 Å². The summed E-state index contributed by atoms with van der Waals surface area (Å²) in [6.45, 7) is 6.44. The van der Waals surface area contributed by atoms with Crippen LogP contribution in [0.15, 0.2) is 122 Å². The van der Waals surface area contributed by atoms with E-state index in [1.807, 2.05) is 0 Å². The first-order valence-electron chi connectivity index (χ1n) is 30.0. The number of hydrogen-bond acceptors (Lipinski definition) is 6. The smallest absolute Gasteiger partial charge is 0.306 e. The third-order valence-electron chi connectivity index (χ3n) is 12.4. The van der Waals surface area contributed by atoms with Gasteiger partial charge in [-0.25, -0.2) is 0 Å². The average Bonchev–Trinajstić information content (AvgIpc) is 3.39. The molecule has 0 bridgehead atoms. The van der Waals surface area contributed by atoms with Gasteiger partial charge in [-0.2, -0.15) is 0 Å². The molecule has 1 unspecified atom stereocenters. The van der Waals surface area contributed by atoms with Crippen LogP contribution in [0.2, 0.25) is 0 Å². The van der Waals surface area contributed by atoms with Crippen molar-refractivity contribution < 1.29 is 28.6 Å². The van der Waals surface area contributed by atoms with Crippen LogP contribution in [0.5, 0.6) is 0 Å². The molecule has 0 rings (SSSR count). The first-order chi connectivity index (χ1) is 36.0. The second-order valence-electron chi connectivity index (χ2n) is 19.5. The molecule has 1 atom stereocenters. The van der Waals surface area contributed by atoms with Crippen LogP contribution in [0.1, 0.15) is 265 Å². The number of ether oxygens (including phenoxy) is 3. The van der Waals surface area contributed by atoms with E-state index in [2.05, 4.69) is 142 Å². The Morgan fingerprint density at radius 1 is 0.288 bits per heavy atom. The summed E-state index contributed by atoms with van der Waals surface area (Å²) in [5.74, 6) is -0.940. The number of carbonyl (C=O) groups is 3. The first-order valence-corrected chi connectivity index (χ1v) is 30.0. The summed E-state index contributed by atoms with van der Waals surface area (Å²) < 4.78 is 16.8. The maximum atomic E-state index is 12.8. The fraction of sp³-hybridized carbons (Fsp3) is 0.657. The first kappa shape index (κ1) is 68.8. The predicted octanol–water partition coefficient (Wildman–Crippen LogP) is 20.4. The zero-order valence-electron chi connectivity index (χ0n) is 47.4. The molecular formula is C67H110O6. The quantitative estimate of drug-likeness (QED) is 0.0261. The lowest BCUT2D eigenvalue weighted by Gasteiger charge is -2.18. The molecule has 73 heavy (non-hydrogen) atoms. The lowest BCUT2D eigenvalue weighted by Crippen LogP contribution is -2.30. The fourth-order valence-corrected chi connectivity index (χ4v) is 7.90. The number of hydrogen-bond donors (Lipinski definition) is 0. The Hall–Kier alpha value is -4.19. The van der Waals surface area contributed by atoms with Crippen LogP contribution in [0.3, 0.4) is 0 Å². The number of rotatable bonds is 53. The van der Waals surface area contributed by atoms with E-state index in [9.17, 15) is 14.4 Å². The van der Waals surface area contributed by atoms with Crippen molar-refractivity contribution in [3.8, 4) is 0 Å². The van der Waals surface area contributed by atoms with E-state index in [-0.39, 0.29) is 31.1 Å². The van der Waals surface area contributed by atoms with Crippen molar-refractivity contribution >= 4 is 17.9 Å². The van der Waals surface area contributed by atoms with Crippen molar-refractivity contribution in [3.05, 3.63) is 122 Å². The van der Waals surface area contributed by atoms with Crippen LogP contribution in [-0.4, -0.2) is 37.2 Å². The Labute approximate surface area is 450 Å². The van der Waals surface area contributed by atoms with E-state index in [4.69, 9.17) is 14.2 Å². The van der Waals surface area contributed by atoms with Crippen molar-refractivity contribution in [3.63, 3.8) is 0 Å². The molecule has 0 saturated carbocycles. The molecule has 0 aliphatic rings. The molecule has 6 nitrogen and oxygen atoms in total. The molecule has 0 aliphatic heterocycles. The normalized spacial score (nSPS) is 13.0. The maximum absolute atomic E-state index is 12.8. The molecule has 0 aromatic heterocycles. The topological polar surface area (TPSA) is 78.9 Å². The summed E-state index contributed by atoms with van der Waals surface area (Å²) in [6, 6.07) is 0. The molecule has 0 N–H and O–H groups in total. The van der Waals surface area contributed by atoms with Crippen LogP contribution in [-0.2, 0) is 28.6 Å². The minimum Gasteiger partial charge on any atom is -0.462 e. The molecule has 0 heterocycles. The zero-order valence-corrected chi connectivity index (χ0v) is 47.4. The third kappa shape index (κ3) is 58.6. The summed E-state index contributed by atoms with van der Waals surface area (Å²) in [5, 5.41) is 0. The summed E-state index contributed by atoms with van der Waals surface area (Å²) in [7, 11) is 0. The van der Waals surface area contributed by atoms with Crippen LogP contribution in [0.4, 0.5) is 0 Å². The van der Waals surface area contributed by atoms with Gasteiger partial charge in [-0.15, -0.1) is 0 Å². The standard InChI is InChI=1S/C67H110O6/c1-4-7-10-13-16-19-22-24-26-27-28-29-30-31-32-33-34-35-36-37-38-39-41-42-45-48-51-54-57-60-66(69)72-63-64(62-71-65(68)59-56-53-50-47-44-21-18-15-12-9-6-3)73-67(70)61-58-55-52-49-46-43-40-25-23-20-17-14-11-8-5-2/h7,10,15-16,18-19,24-26,28-29,31-32,34-35,37-38,40-42,64H,4-6,8-9,11-14,17,20-23,27,30,33,36,39,43-63H2,1-3H3/b10-7-,18-15-,19-16-,26-24-,29-28-,32-31-,35-34-,38-37-,40-25-,42-41-. The number of carbonyl (C=O) groups excluding carboxylic acids is 3. The lowest BCUT2D eigenvalue weighted by atomic mass is 10.1. The van der Waals surface area contributed by atoms with Gasteiger partial charge in [-0.1, -0.05) is 239 Å². The highest BCUT2D eigenvalue weighted by atomic mass is 16.6. The van der Waals surface area contributed by atoms with E-state index >= 15 is 0 Å². The number of unbranched alkanes of at least 4 members (excludes halogenated alkanes) is 22. The molecule has 0 fully saturated rings. The van der Waals surface area contributed by atoms with E-state index in [0.29, 0.717) is 19.3 Å². The average molecular weight is 1010 g/mol. The number of esters is 3. The van der Waals surface area contributed by atoms with Crippen LogP contribution < -0.4 is 0 Å². The minimum atomic E-state index is -0.799. The highest BCUT2D eigenvalue weighted by Gasteiger charge is 2.19. The highest BCUT2D eigenvalue weighted by Crippen LogP contribution is 2.14. The fourth-order valence-electron chi connectivity index (χ4n) is 7.90. The largest absolute Gasteiger partial charge is 0.462 e. The SMILES string of the molecule is CC/C=C\C/C=C\C/C=C\C/C=C\C/C=C\C/C=C\C/C=C\C/C=C\CCCCCCC(=O)OCC(COC(=O)CCCCCCC/C=C\CCCC)OC(=O)CCCCCCC/C=C\CCCCCCCC. The molecular weight excluding hydrogens is 901 g/mol. The molecule has 6 heteroatoms. The van der Waals surface area contributed by atoms with Gasteiger partial charge in [0.15, 0.2) is 6.10 Å². The van der Waals surface area contributed by atoms with Crippen LogP contribution in [0, 0.1) is 0 Å². The number of allylic oxidation sites excluding steroid dienone is 20. The molecule has 414 valence electrons. The van der Waals surface area contributed by atoms with Gasteiger partial charge in [0.2, 0.25) is 0 Å². The summed E-state index contributed by atoms with van der Waals surface area (Å²) in [6.07, 6.45) is 83.4. The molecule has 0 spiro atoms. The van der Waals surface area contributed by atoms with Crippen molar-refractivity contribution in [2.45, 2.75) is 271 Å². The monoisotopic (exact) mass is 1010 g/mol. The van der Waals surface area contributed by atoms with Gasteiger partial charge in [0, 0.05) is 19.3 Å². The predicted molar refractivity (Wildman–Crippen MR) is 316 cm³/mol. The molecule has 0 amide bonds. The minimum absolute atomic E-state index is 0.0959. The van der Waals surface area contributed by atoms with Gasteiger partial charge < -0.3 is 14.2 Å². The maximum Gasteiger partial charge on any atom is 0.306 e. The van der Waals surface area contributed by atoms with E-state index in [1.165, 1.54) is 77.0 Å². The van der Waals surface area contributed by atoms with Gasteiger partial charge in [0.1, 0.15) is 13.2 Å². The van der Waals surface area contributed by atoms with Gasteiger partial charge in [-0.3, -0.25) is 14.4 Å². The summed E-state index contributed by atoms with van der Waals surface area (Å²) >= 11 is 0. The molecule has 0 aromatic carbocycles. The van der Waals surface area contributed by atoms with E-state index < -0.39 is 6.10 Å². The second-order valence-corrected chi connectivity index (χ2v) is 19.5. The van der Waals surface area contributed by atoms with Crippen molar-refractivity contribution in [2.75, 3.05) is 13.2 Å². The Balaban J connectivity index is 4.35. The van der Waals surface area contributed by atoms with Crippen molar-refractivity contribution in [2.24, 2.45) is 0 Å². The van der Waals surface area contributed by atoms with E-state index in [0.717, 1.165) is 148 Å². The van der Waals surface area contributed by atoms with Gasteiger partial charge in [-0.05, 0) is 128 Å². The zero-order chi connectivity index (χ0) is 52.9. The van der Waals surface area contributed by atoms with Crippen LogP contribution >= 0.6 is 0 Å². The van der Waals surface area contributed by atoms with Gasteiger partial charge >= 0.3 is 17.9 Å². The Kier molecular flexibility index (Phi) is 56.9. The third-order valence-corrected chi connectivity index (χ3v) is 12.4. The highest BCUT2D eigenvalue weighted by molar-refractivity contribution is 5.71. The summed E-state index contributed by atoms with van der Waals surface area (Å²) in [5.41, 5.74) is 0. The van der Waals surface area contributed by atoms with Crippen LogP contribution in [0.25, 0.3) is 0 Å². The lowest BCUT2D eigenvalue weighted by molar-refractivity contribution is -0.167. The Bertz CT molecular complexity index is 1540.